The molecule has 3 rings (SSSR count). The number of primary sulfonamides is 1. The molecule has 0 bridgehead atoms. The van der Waals surface area contributed by atoms with E-state index in [1.165, 1.54) is 23.1 Å². The molecule has 1 aromatic carbocycles. The Morgan fingerprint density at radius 1 is 1.27 bits per heavy atom. The number of nitrogens with zero attached hydrogens (tertiary/aromatic N) is 2. The van der Waals surface area contributed by atoms with Crippen molar-refractivity contribution in [1.29, 1.82) is 0 Å². The fraction of sp³-hybridized carbons (Fsp3) is 0.529. The summed E-state index contributed by atoms with van der Waals surface area (Å²) in [5.74, 6) is -0.678. The minimum absolute atomic E-state index is 0.0334. The Hall–Kier alpha value is -1.97. The molecule has 0 aromatic heterocycles. The van der Waals surface area contributed by atoms with Gasteiger partial charge in [-0.05, 0) is 37.5 Å². The normalized spacial score (nSPS) is 24.2. The third-order valence-corrected chi connectivity index (χ3v) is 6.03. The number of nitrogens with two attached hydrogens (primary N) is 2. The van der Waals surface area contributed by atoms with Gasteiger partial charge >= 0.3 is 0 Å². The van der Waals surface area contributed by atoms with E-state index in [9.17, 15) is 18.0 Å². The van der Waals surface area contributed by atoms with Gasteiger partial charge in [-0.1, -0.05) is 6.07 Å². The molecule has 0 radical (unpaired) electrons. The maximum atomic E-state index is 12.9. The van der Waals surface area contributed by atoms with E-state index >= 15 is 0 Å². The van der Waals surface area contributed by atoms with Crippen molar-refractivity contribution in [1.82, 2.24) is 4.90 Å². The summed E-state index contributed by atoms with van der Waals surface area (Å²) in [6.07, 6.45) is 3.01. The minimum Gasteiger partial charge on any atom is -0.338 e. The van der Waals surface area contributed by atoms with Gasteiger partial charge in [0.1, 0.15) is 0 Å². The Balaban J connectivity index is 1.77. The van der Waals surface area contributed by atoms with Gasteiger partial charge in [-0.3, -0.25) is 9.59 Å². The smallest absolute Gasteiger partial charge is 0.238 e. The van der Waals surface area contributed by atoms with Gasteiger partial charge in [0.05, 0.1) is 10.8 Å². The SMILES string of the molecule is NCC1CCCCN1C(=O)C1CC(=O)N(c2cccc(S(N)(=O)=O)c2)C1. The third-order valence-electron chi connectivity index (χ3n) is 5.11. The largest absolute Gasteiger partial charge is 0.338 e. The number of hydrogen-bond acceptors (Lipinski definition) is 5. The fourth-order valence-electron chi connectivity index (χ4n) is 3.72. The fourth-order valence-corrected chi connectivity index (χ4v) is 4.27. The summed E-state index contributed by atoms with van der Waals surface area (Å²) >= 11 is 0. The van der Waals surface area contributed by atoms with Crippen LogP contribution in [0.15, 0.2) is 29.2 Å². The molecule has 2 saturated heterocycles. The van der Waals surface area contributed by atoms with E-state index in [0.717, 1.165) is 19.3 Å². The van der Waals surface area contributed by atoms with E-state index in [1.54, 1.807) is 6.07 Å². The molecule has 1 aromatic rings. The summed E-state index contributed by atoms with van der Waals surface area (Å²) in [6, 6.07) is 5.95. The van der Waals surface area contributed by atoms with Crippen molar-refractivity contribution in [3.63, 3.8) is 0 Å². The molecule has 2 atom stereocenters. The van der Waals surface area contributed by atoms with Gasteiger partial charge in [0.15, 0.2) is 0 Å². The monoisotopic (exact) mass is 380 g/mol. The second kappa shape index (κ2) is 7.34. The number of piperidine rings is 1. The Morgan fingerprint density at radius 3 is 2.73 bits per heavy atom. The Kier molecular flexibility index (Phi) is 5.31. The molecule has 4 N–H and O–H groups in total. The lowest BCUT2D eigenvalue weighted by Crippen LogP contribution is -2.50. The lowest BCUT2D eigenvalue weighted by atomic mass is 9.98. The summed E-state index contributed by atoms with van der Waals surface area (Å²) in [5.41, 5.74) is 6.23. The first-order chi connectivity index (χ1) is 12.3. The van der Waals surface area contributed by atoms with Crippen molar-refractivity contribution in [2.24, 2.45) is 16.8 Å². The van der Waals surface area contributed by atoms with E-state index in [1.807, 2.05) is 4.90 Å². The zero-order valence-electron chi connectivity index (χ0n) is 14.5. The summed E-state index contributed by atoms with van der Waals surface area (Å²) in [4.78, 5) is 28.5. The standard InChI is InChI=1S/C17H24N4O4S/c18-10-14-4-1-2-7-20(14)17(23)12-8-16(22)21(11-12)13-5-3-6-15(9-13)26(19,24)25/h3,5-6,9,12,14H,1-2,4,7-8,10-11,18H2,(H2,19,24,25). The van der Waals surface area contributed by atoms with E-state index < -0.39 is 15.9 Å². The number of anilines is 1. The van der Waals surface area contributed by atoms with Gasteiger partial charge < -0.3 is 15.5 Å². The predicted molar refractivity (Wildman–Crippen MR) is 96.7 cm³/mol. The number of benzene rings is 1. The number of rotatable bonds is 4. The van der Waals surface area contributed by atoms with E-state index in [-0.39, 0.29) is 35.7 Å². The number of carbonyl (C=O) groups excluding carboxylic acids is 2. The molecule has 9 heteroatoms. The Labute approximate surface area is 153 Å². The molecule has 2 aliphatic rings. The lowest BCUT2D eigenvalue weighted by Gasteiger charge is -2.36. The average Bonchev–Trinajstić information content (AvgIpc) is 3.02. The summed E-state index contributed by atoms with van der Waals surface area (Å²) in [6.45, 7) is 1.33. The van der Waals surface area contributed by atoms with Crippen LogP contribution in [0.4, 0.5) is 5.69 Å². The molecule has 0 spiro atoms. The average molecular weight is 380 g/mol. The molecule has 0 saturated carbocycles. The number of amides is 2. The van der Waals surface area contributed by atoms with Gasteiger partial charge in [-0.25, -0.2) is 13.6 Å². The molecule has 2 heterocycles. The van der Waals surface area contributed by atoms with Crippen molar-refractivity contribution in [3.8, 4) is 0 Å². The van der Waals surface area contributed by atoms with Crippen molar-refractivity contribution in [2.45, 2.75) is 36.6 Å². The molecule has 142 valence electrons. The highest BCUT2D eigenvalue weighted by atomic mass is 32.2. The van der Waals surface area contributed by atoms with E-state index in [0.29, 0.717) is 18.8 Å². The number of sulfonamides is 1. The van der Waals surface area contributed by atoms with Crippen LogP contribution in [0.1, 0.15) is 25.7 Å². The van der Waals surface area contributed by atoms with Crippen LogP contribution in [-0.2, 0) is 19.6 Å². The molecule has 0 aliphatic carbocycles. The maximum absolute atomic E-state index is 12.9. The van der Waals surface area contributed by atoms with Crippen LogP contribution in [0.2, 0.25) is 0 Å². The van der Waals surface area contributed by atoms with Crippen LogP contribution < -0.4 is 15.8 Å². The first-order valence-electron chi connectivity index (χ1n) is 8.75. The van der Waals surface area contributed by atoms with E-state index in [2.05, 4.69) is 0 Å². The Morgan fingerprint density at radius 2 is 2.04 bits per heavy atom. The van der Waals surface area contributed by atoms with Gasteiger partial charge in [0, 0.05) is 37.8 Å². The molecule has 2 fully saturated rings. The van der Waals surface area contributed by atoms with Crippen molar-refractivity contribution >= 4 is 27.5 Å². The van der Waals surface area contributed by atoms with Crippen LogP contribution in [0.5, 0.6) is 0 Å². The summed E-state index contributed by atoms with van der Waals surface area (Å²) < 4.78 is 23.1. The topological polar surface area (TPSA) is 127 Å². The molecule has 2 amide bonds. The molecular formula is C17H24N4O4S. The summed E-state index contributed by atoms with van der Waals surface area (Å²) in [7, 11) is -3.86. The van der Waals surface area contributed by atoms with Gasteiger partial charge in [-0.2, -0.15) is 0 Å². The van der Waals surface area contributed by atoms with Crippen molar-refractivity contribution < 1.29 is 18.0 Å². The van der Waals surface area contributed by atoms with Crippen LogP contribution in [0.3, 0.4) is 0 Å². The quantitative estimate of drug-likeness (QED) is 0.762. The zero-order chi connectivity index (χ0) is 18.9. The highest BCUT2D eigenvalue weighted by molar-refractivity contribution is 7.89. The zero-order valence-corrected chi connectivity index (χ0v) is 15.3. The van der Waals surface area contributed by atoms with Crippen LogP contribution in [0, 0.1) is 5.92 Å². The first kappa shape index (κ1) is 18.8. The molecular weight excluding hydrogens is 356 g/mol. The van der Waals surface area contributed by atoms with Gasteiger partial charge in [0.2, 0.25) is 21.8 Å². The second-order valence-electron chi connectivity index (χ2n) is 6.86. The van der Waals surface area contributed by atoms with Crippen LogP contribution in [0.25, 0.3) is 0 Å². The maximum Gasteiger partial charge on any atom is 0.238 e. The highest BCUT2D eigenvalue weighted by Gasteiger charge is 2.39. The van der Waals surface area contributed by atoms with Gasteiger partial charge in [-0.15, -0.1) is 0 Å². The van der Waals surface area contributed by atoms with E-state index in [4.69, 9.17) is 10.9 Å². The van der Waals surface area contributed by atoms with Crippen molar-refractivity contribution in [3.05, 3.63) is 24.3 Å². The molecule has 26 heavy (non-hydrogen) atoms. The first-order valence-corrected chi connectivity index (χ1v) is 10.3. The summed E-state index contributed by atoms with van der Waals surface area (Å²) in [5, 5.41) is 5.16. The van der Waals surface area contributed by atoms with Crippen molar-refractivity contribution in [2.75, 3.05) is 24.5 Å². The van der Waals surface area contributed by atoms with Gasteiger partial charge in [0.25, 0.3) is 0 Å². The predicted octanol–water partition coefficient (Wildman–Crippen LogP) is 0.0267. The number of hydrogen-bond donors (Lipinski definition) is 2. The molecule has 2 aliphatic heterocycles. The highest BCUT2D eigenvalue weighted by Crippen LogP contribution is 2.29. The third kappa shape index (κ3) is 3.74. The number of likely N-dealkylation sites (tertiary alicyclic amines) is 1. The van der Waals surface area contributed by atoms with Crippen LogP contribution in [-0.4, -0.2) is 50.8 Å². The number of carbonyl (C=O) groups is 2. The second-order valence-corrected chi connectivity index (χ2v) is 8.43. The van der Waals surface area contributed by atoms with Crippen LogP contribution >= 0.6 is 0 Å². The molecule has 2 unspecified atom stereocenters. The molecule has 8 nitrogen and oxygen atoms in total. The lowest BCUT2D eigenvalue weighted by molar-refractivity contribution is -0.139. The Bertz CT molecular complexity index is 811. The minimum atomic E-state index is -3.86.